The smallest absolute Gasteiger partial charge is 0.325 e. The molecular weight excluding hydrogens is 282 g/mol. The number of ether oxygens (including phenoxy) is 1. The van der Waals surface area contributed by atoms with Crippen molar-refractivity contribution in [3.63, 3.8) is 0 Å². The average molecular weight is 296 g/mol. The lowest BCUT2D eigenvalue weighted by Gasteiger charge is -2.30. The third-order valence-electron chi connectivity index (χ3n) is 3.72. The van der Waals surface area contributed by atoms with Crippen molar-refractivity contribution in [2.75, 3.05) is 13.2 Å². The van der Waals surface area contributed by atoms with Crippen LogP contribution in [0.3, 0.4) is 0 Å². The third-order valence-corrected chi connectivity index (χ3v) is 3.95. The molecule has 2 saturated heterocycles. The van der Waals surface area contributed by atoms with E-state index >= 15 is 0 Å². The summed E-state index contributed by atoms with van der Waals surface area (Å²) in [6, 6.07) is 3.04. The highest BCUT2D eigenvalue weighted by Gasteiger charge is 2.51. The van der Waals surface area contributed by atoms with Crippen molar-refractivity contribution in [2.45, 2.75) is 24.9 Å². The SMILES string of the molecule is O=C1NC2(CCOCC2)C(=O)N1Cc1ccc(Cl)nc1. The standard InChI is InChI=1S/C13H14ClN3O3/c14-10-2-1-9(7-15-10)8-17-11(18)13(16-12(17)19)3-5-20-6-4-13/h1-2,7H,3-6,8H2,(H,16,19). The van der Waals surface area contributed by atoms with Crippen molar-refractivity contribution in [3.8, 4) is 0 Å². The van der Waals surface area contributed by atoms with Crippen LogP contribution in [0.1, 0.15) is 18.4 Å². The second-order valence-corrected chi connectivity index (χ2v) is 5.39. The van der Waals surface area contributed by atoms with Gasteiger partial charge in [0.05, 0.1) is 6.54 Å². The van der Waals surface area contributed by atoms with Gasteiger partial charge in [0.2, 0.25) is 0 Å². The molecule has 0 aliphatic carbocycles. The highest BCUT2D eigenvalue weighted by atomic mass is 35.5. The monoisotopic (exact) mass is 295 g/mol. The second-order valence-electron chi connectivity index (χ2n) is 5.01. The molecule has 1 spiro atoms. The Kier molecular flexibility index (Phi) is 3.35. The largest absolute Gasteiger partial charge is 0.381 e. The lowest BCUT2D eigenvalue weighted by Crippen LogP contribution is -2.51. The first-order valence-corrected chi connectivity index (χ1v) is 6.81. The number of pyridine rings is 1. The van der Waals surface area contributed by atoms with Gasteiger partial charge in [-0.3, -0.25) is 9.69 Å². The van der Waals surface area contributed by atoms with Crippen molar-refractivity contribution in [3.05, 3.63) is 29.0 Å². The lowest BCUT2D eigenvalue weighted by molar-refractivity contribution is -0.134. The van der Waals surface area contributed by atoms with Crippen LogP contribution in [0.2, 0.25) is 5.15 Å². The molecule has 1 aromatic rings. The van der Waals surface area contributed by atoms with Gasteiger partial charge in [-0.15, -0.1) is 0 Å². The Bertz CT molecular complexity index is 540. The number of nitrogens with zero attached hydrogens (tertiary/aromatic N) is 2. The fraction of sp³-hybridized carbons (Fsp3) is 0.462. The van der Waals surface area contributed by atoms with Crippen molar-refractivity contribution in [1.82, 2.24) is 15.2 Å². The normalized spacial score (nSPS) is 21.4. The molecular formula is C13H14ClN3O3. The molecule has 0 atom stereocenters. The van der Waals surface area contributed by atoms with E-state index in [1.54, 1.807) is 18.3 Å². The van der Waals surface area contributed by atoms with Crippen LogP contribution in [-0.2, 0) is 16.1 Å². The van der Waals surface area contributed by atoms with E-state index in [1.165, 1.54) is 4.90 Å². The van der Waals surface area contributed by atoms with Crippen LogP contribution in [0.5, 0.6) is 0 Å². The zero-order valence-corrected chi connectivity index (χ0v) is 11.5. The highest BCUT2D eigenvalue weighted by molar-refractivity contribution is 6.29. The molecule has 0 saturated carbocycles. The molecule has 7 heteroatoms. The number of carbonyl (C=O) groups is 2. The van der Waals surface area contributed by atoms with Crippen LogP contribution in [0.15, 0.2) is 18.3 Å². The van der Waals surface area contributed by atoms with Gasteiger partial charge in [-0.25, -0.2) is 9.78 Å². The Hall–Kier alpha value is -1.66. The zero-order valence-electron chi connectivity index (χ0n) is 10.8. The van der Waals surface area contributed by atoms with Gasteiger partial charge < -0.3 is 10.1 Å². The van der Waals surface area contributed by atoms with Crippen LogP contribution in [0.4, 0.5) is 4.79 Å². The van der Waals surface area contributed by atoms with E-state index in [0.717, 1.165) is 5.56 Å². The Morgan fingerprint density at radius 2 is 2.10 bits per heavy atom. The summed E-state index contributed by atoms with van der Waals surface area (Å²) in [5.41, 5.74) is -0.0168. The summed E-state index contributed by atoms with van der Waals surface area (Å²) in [5.74, 6) is -0.180. The molecule has 2 fully saturated rings. The minimum absolute atomic E-state index is 0.180. The lowest BCUT2D eigenvalue weighted by atomic mass is 9.90. The maximum atomic E-state index is 12.5. The first-order chi connectivity index (χ1) is 9.61. The Balaban J connectivity index is 1.78. The van der Waals surface area contributed by atoms with Crippen molar-refractivity contribution < 1.29 is 14.3 Å². The summed E-state index contributed by atoms with van der Waals surface area (Å²) >= 11 is 5.72. The van der Waals surface area contributed by atoms with Crippen LogP contribution in [0.25, 0.3) is 0 Å². The van der Waals surface area contributed by atoms with Crippen LogP contribution < -0.4 is 5.32 Å². The highest BCUT2D eigenvalue weighted by Crippen LogP contribution is 2.29. The molecule has 20 heavy (non-hydrogen) atoms. The molecule has 3 rings (SSSR count). The summed E-state index contributed by atoms with van der Waals surface area (Å²) in [7, 11) is 0. The van der Waals surface area contributed by atoms with Crippen LogP contribution >= 0.6 is 11.6 Å². The number of hydrogen-bond acceptors (Lipinski definition) is 4. The molecule has 0 radical (unpaired) electrons. The Morgan fingerprint density at radius 1 is 1.35 bits per heavy atom. The summed E-state index contributed by atoms with van der Waals surface area (Å²) in [6.07, 6.45) is 2.61. The van der Waals surface area contributed by atoms with Crippen LogP contribution in [-0.4, -0.2) is 40.6 Å². The van der Waals surface area contributed by atoms with Gasteiger partial charge >= 0.3 is 6.03 Å². The average Bonchev–Trinajstić information content (AvgIpc) is 2.67. The Labute approximate surface area is 121 Å². The van der Waals surface area contributed by atoms with Crippen molar-refractivity contribution >= 4 is 23.5 Å². The molecule has 106 valence electrons. The minimum atomic E-state index is -0.783. The van der Waals surface area contributed by atoms with Crippen molar-refractivity contribution in [1.29, 1.82) is 0 Å². The van der Waals surface area contributed by atoms with E-state index in [0.29, 0.717) is 31.2 Å². The molecule has 0 aromatic carbocycles. The van der Waals surface area contributed by atoms with E-state index in [4.69, 9.17) is 16.3 Å². The molecule has 3 heterocycles. The van der Waals surface area contributed by atoms with Gasteiger partial charge in [0.1, 0.15) is 10.7 Å². The van der Waals surface area contributed by atoms with Gasteiger partial charge in [0, 0.05) is 32.3 Å². The first-order valence-electron chi connectivity index (χ1n) is 6.43. The summed E-state index contributed by atoms with van der Waals surface area (Å²) in [5, 5.41) is 3.19. The molecule has 0 unspecified atom stereocenters. The van der Waals surface area contributed by atoms with E-state index in [-0.39, 0.29) is 18.5 Å². The molecule has 0 bridgehead atoms. The van der Waals surface area contributed by atoms with Gasteiger partial charge in [-0.2, -0.15) is 0 Å². The van der Waals surface area contributed by atoms with E-state index in [2.05, 4.69) is 10.3 Å². The van der Waals surface area contributed by atoms with Gasteiger partial charge in [0.25, 0.3) is 5.91 Å². The molecule has 2 aliphatic heterocycles. The Morgan fingerprint density at radius 3 is 2.75 bits per heavy atom. The predicted octanol–water partition coefficient (Wildman–Crippen LogP) is 1.34. The molecule has 1 N–H and O–H groups in total. The minimum Gasteiger partial charge on any atom is -0.381 e. The fourth-order valence-electron chi connectivity index (χ4n) is 2.56. The summed E-state index contributed by atoms with van der Waals surface area (Å²) in [4.78, 5) is 29.7. The summed E-state index contributed by atoms with van der Waals surface area (Å²) < 4.78 is 5.26. The van der Waals surface area contributed by atoms with Crippen molar-refractivity contribution in [2.24, 2.45) is 0 Å². The van der Waals surface area contributed by atoms with Gasteiger partial charge in [-0.05, 0) is 11.6 Å². The molecule has 2 aliphatic rings. The first kappa shape index (κ1) is 13.3. The van der Waals surface area contributed by atoms with E-state index < -0.39 is 5.54 Å². The number of hydrogen-bond donors (Lipinski definition) is 1. The summed E-state index contributed by atoms with van der Waals surface area (Å²) in [6.45, 7) is 1.18. The zero-order chi connectivity index (χ0) is 14.2. The van der Waals surface area contributed by atoms with E-state index in [1.807, 2.05) is 0 Å². The molecule has 1 aromatic heterocycles. The van der Waals surface area contributed by atoms with Gasteiger partial charge in [-0.1, -0.05) is 17.7 Å². The maximum absolute atomic E-state index is 12.5. The van der Waals surface area contributed by atoms with Crippen LogP contribution in [0, 0.1) is 0 Å². The number of carbonyl (C=O) groups excluding carboxylic acids is 2. The topological polar surface area (TPSA) is 71.5 Å². The number of amides is 3. The fourth-order valence-corrected chi connectivity index (χ4v) is 2.67. The maximum Gasteiger partial charge on any atom is 0.325 e. The quantitative estimate of drug-likeness (QED) is 0.660. The van der Waals surface area contributed by atoms with Gasteiger partial charge in [0.15, 0.2) is 0 Å². The number of imide groups is 1. The predicted molar refractivity (Wildman–Crippen MR) is 71.1 cm³/mol. The number of urea groups is 1. The second kappa shape index (κ2) is 5.03. The number of halogens is 1. The number of nitrogens with one attached hydrogen (secondary N) is 1. The third kappa shape index (κ3) is 2.25. The number of aromatic nitrogens is 1. The molecule has 6 nitrogen and oxygen atoms in total. The molecule has 3 amide bonds. The number of rotatable bonds is 2. The van der Waals surface area contributed by atoms with E-state index in [9.17, 15) is 9.59 Å².